The lowest BCUT2D eigenvalue weighted by atomic mass is 9.96. The summed E-state index contributed by atoms with van der Waals surface area (Å²) in [7, 11) is 0. The van der Waals surface area contributed by atoms with Crippen LogP contribution in [0.15, 0.2) is 70.5 Å². The smallest absolute Gasteiger partial charge is 0.269 e. The van der Waals surface area contributed by atoms with Crippen molar-refractivity contribution in [1.82, 2.24) is 20.3 Å². The fraction of sp³-hybridized carbons (Fsp3) is 0.320. The Kier molecular flexibility index (Phi) is 9.13. The van der Waals surface area contributed by atoms with Crippen LogP contribution in [0, 0.1) is 5.92 Å². The Hall–Kier alpha value is -4.58. The van der Waals surface area contributed by atoms with Gasteiger partial charge in [0, 0.05) is 59.8 Å². The fourth-order valence-electron chi connectivity index (χ4n) is 4.43. The molecule has 0 aliphatic carbocycles. The quantitative estimate of drug-likeness (QED) is 0.115. The van der Waals surface area contributed by atoms with Crippen molar-refractivity contribution in [2.24, 2.45) is 27.2 Å². The first-order valence-electron chi connectivity index (χ1n) is 12.2. The number of aromatic nitrogens is 1. The van der Waals surface area contributed by atoms with Gasteiger partial charge in [0.1, 0.15) is 6.67 Å². The molecule has 196 valence electrons. The number of pyridine rings is 1. The number of azide groups is 1. The van der Waals surface area contributed by atoms with Gasteiger partial charge < -0.3 is 16.2 Å². The predicted molar refractivity (Wildman–Crippen MR) is 142 cm³/mol. The number of amides is 2. The number of nitrogens with two attached hydrogens (primary N) is 1. The van der Waals surface area contributed by atoms with Gasteiger partial charge in [-0.3, -0.25) is 19.5 Å². The summed E-state index contributed by atoms with van der Waals surface area (Å²) in [6.07, 6.45) is 9.94. The lowest BCUT2D eigenvalue weighted by molar-refractivity contribution is -0.123. The third kappa shape index (κ3) is 7.23. The van der Waals surface area contributed by atoms with Gasteiger partial charge in [-0.25, -0.2) is 5.43 Å². The molecule has 0 radical (unpaired) electrons. The van der Waals surface area contributed by atoms with E-state index >= 15 is 0 Å². The zero-order valence-electron chi connectivity index (χ0n) is 20.8. The average Bonchev–Trinajstić information content (AvgIpc) is 3.41. The highest BCUT2D eigenvalue weighted by Gasteiger charge is 2.25. The summed E-state index contributed by atoms with van der Waals surface area (Å²) in [5, 5.41) is 14.7. The summed E-state index contributed by atoms with van der Waals surface area (Å²) in [6, 6.07) is 9.61. The van der Waals surface area contributed by atoms with E-state index in [9.17, 15) is 9.59 Å². The van der Waals surface area contributed by atoms with Gasteiger partial charge in [-0.15, -0.1) is 0 Å². The van der Waals surface area contributed by atoms with Crippen LogP contribution in [0.3, 0.4) is 0 Å². The molecule has 3 heterocycles. The molecule has 13 heteroatoms. The topological polar surface area (TPSA) is 177 Å². The molecule has 38 heavy (non-hydrogen) atoms. The molecule has 1 fully saturated rings. The molecule has 0 atom stereocenters. The van der Waals surface area contributed by atoms with Crippen LogP contribution in [0.2, 0.25) is 0 Å². The van der Waals surface area contributed by atoms with Crippen LogP contribution < -0.4 is 16.6 Å². The zero-order valence-corrected chi connectivity index (χ0v) is 20.8. The minimum absolute atomic E-state index is 0.114. The second-order valence-electron chi connectivity index (χ2n) is 8.92. The van der Waals surface area contributed by atoms with Crippen molar-refractivity contribution in [1.29, 1.82) is 0 Å². The molecule has 1 aromatic heterocycles. The van der Waals surface area contributed by atoms with Crippen molar-refractivity contribution in [3.8, 4) is 0 Å². The number of benzene rings is 1. The van der Waals surface area contributed by atoms with Crippen LogP contribution in [0.25, 0.3) is 22.1 Å². The lowest BCUT2D eigenvalue weighted by Crippen LogP contribution is -2.35. The fourth-order valence-corrected chi connectivity index (χ4v) is 4.43. The minimum atomic E-state index is -0.252. The van der Waals surface area contributed by atoms with Crippen molar-refractivity contribution in [2.75, 3.05) is 31.6 Å². The number of hydrazine groups is 1. The molecule has 2 aliphatic rings. The van der Waals surface area contributed by atoms with E-state index in [0.717, 1.165) is 54.7 Å². The Morgan fingerprint density at radius 1 is 1.24 bits per heavy atom. The summed E-state index contributed by atoms with van der Waals surface area (Å²) < 4.78 is 0. The maximum absolute atomic E-state index is 12.6. The largest absolute Gasteiger partial charge is 0.323 e. The summed E-state index contributed by atoms with van der Waals surface area (Å²) in [4.78, 5) is 33.6. The number of likely N-dealkylation sites (tertiary alicyclic amines) is 1. The van der Waals surface area contributed by atoms with Crippen LogP contribution in [0.1, 0.15) is 29.5 Å². The Morgan fingerprint density at radius 2 is 2.03 bits per heavy atom. The van der Waals surface area contributed by atoms with E-state index in [-0.39, 0.29) is 24.4 Å². The third-order valence-electron chi connectivity index (χ3n) is 6.40. The first-order chi connectivity index (χ1) is 18.6. The number of hydrogen-bond donors (Lipinski definition) is 3. The number of anilines is 1. The maximum atomic E-state index is 12.6. The van der Waals surface area contributed by atoms with Crippen LogP contribution in [0.5, 0.6) is 0 Å². The molecule has 0 spiro atoms. The highest BCUT2D eigenvalue weighted by molar-refractivity contribution is 6.02. The number of carbonyl (C=O) groups excluding carboxylic acids is 2. The normalized spacial score (nSPS) is 16.5. The van der Waals surface area contributed by atoms with Gasteiger partial charge in [0.05, 0.1) is 0 Å². The molecule has 0 saturated carbocycles. The van der Waals surface area contributed by atoms with Gasteiger partial charge in [0.25, 0.3) is 5.91 Å². The lowest BCUT2D eigenvalue weighted by Gasteiger charge is -2.30. The van der Waals surface area contributed by atoms with E-state index in [4.69, 9.17) is 11.4 Å². The number of hydrogen-bond acceptors (Lipinski definition) is 8. The monoisotopic (exact) mass is 515 g/mol. The van der Waals surface area contributed by atoms with Gasteiger partial charge in [0.2, 0.25) is 5.91 Å². The Labute approximate surface area is 219 Å². The van der Waals surface area contributed by atoms with E-state index in [2.05, 4.69) is 41.0 Å². The molecule has 1 saturated heterocycles. The number of carbonyl (C=O) groups is 2. The number of nitrogens with zero attached hydrogens (tertiary/aromatic N) is 8. The molecule has 2 aliphatic heterocycles. The molecule has 1 aromatic carbocycles. The second-order valence-corrected chi connectivity index (χ2v) is 8.92. The maximum Gasteiger partial charge on any atom is 0.269 e. The molecular weight excluding hydrogens is 486 g/mol. The van der Waals surface area contributed by atoms with Gasteiger partial charge in [0.15, 0.2) is 0 Å². The van der Waals surface area contributed by atoms with E-state index in [1.54, 1.807) is 23.5 Å². The minimum Gasteiger partial charge on any atom is -0.323 e. The Morgan fingerprint density at radius 3 is 2.76 bits per heavy atom. The van der Waals surface area contributed by atoms with Gasteiger partial charge in [-0.1, -0.05) is 27.6 Å². The standard InChI is InChI=1S/C25H29N11O2/c26-33-29-17-36-16-21(14-30-36)23-7-10-28-13-20(23)3-6-24(37)31-22-4-1-18(2-5-22)15-35-11-8-19(9-12-35)25(38)32-34-27/h1-7,10,13,16,19,30H,8-9,11-12,14-15,17H2,(H,31,37)(H2,27,32,38)/b6-3+. The molecule has 0 bridgehead atoms. The van der Waals surface area contributed by atoms with Crippen molar-refractivity contribution < 1.29 is 9.59 Å². The second kappa shape index (κ2) is 13.1. The van der Waals surface area contributed by atoms with Crippen molar-refractivity contribution in [2.45, 2.75) is 19.4 Å². The molecule has 13 nitrogen and oxygen atoms in total. The molecular formula is C25H29N11O2. The SMILES string of the molecule is [N-]=[N+]=NCN1C=C(c2ccncc2/C=C/C(=O)Nc2ccc(CN3CCC(C(=O)N=NN)CC3)cc2)CN1. The van der Waals surface area contributed by atoms with Gasteiger partial charge in [-0.2, -0.15) is 0 Å². The van der Waals surface area contributed by atoms with E-state index in [1.807, 2.05) is 36.5 Å². The van der Waals surface area contributed by atoms with Crippen LogP contribution >= 0.6 is 0 Å². The summed E-state index contributed by atoms with van der Waals surface area (Å²) >= 11 is 0. The van der Waals surface area contributed by atoms with Crippen molar-refractivity contribution in [3.63, 3.8) is 0 Å². The average molecular weight is 516 g/mol. The van der Waals surface area contributed by atoms with E-state index in [0.29, 0.717) is 12.2 Å². The Balaban J connectivity index is 1.29. The van der Waals surface area contributed by atoms with Crippen molar-refractivity contribution in [3.05, 3.63) is 82.1 Å². The summed E-state index contributed by atoms with van der Waals surface area (Å²) in [6.45, 7) is 3.12. The third-order valence-corrected chi connectivity index (χ3v) is 6.40. The Bertz CT molecular complexity index is 1270. The predicted octanol–water partition coefficient (Wildman–Crippen LogP) is 3.23. The van der Waals surface area contributed by atoms with Gasteiger partial charge in [-0.05, 0) is 72.4 Å². The first kappa shape index (κ1) is 26.5. The summed E-state index contributed by atoms with van der Waals surface area (Å²) in [5.41, 5.74) is 16.2. The zero-order chi connectivity index (χ0) is 26.7. The van der Waals surface area contributed by atoms with E-state index in [1.165, 1.54) is 6.08 Å². The molecule has 4 rings (SSSR count). The number of rotatable bonds is 9. The summed E-state index contributed by atoms with van der Waals surface area (Å²) in [5.74, 6) is 4.36. The first-order valence-corrected chi connectivity index (χ1v) is 12.2. The molecule has 2 amide bonds. The van der Waals surface area contributed by atoms with Crippen LogP contribution in [0.4, 0.5) is 5.69 Å². The number of piperidine rings is 1. The van der Waals surface area contributed by atoms with Crippen molar-refractivity contribution >= 4 is 29.2 Å². The van der Waals surface area contributed by atoms with Crippen LogP contribution in [-0.2, 0) is 16.1 Å². The highest BCUT2D eigenvalue weighted by atomic mass is 16.2. The van der Waals surface area contributed by atoms with E-state index < -0.39 is 0 Å². The molecule has 0 unspecified atom stereocenters. The van der Waals surface area contributed by atoms with Crippen LogP contribution in [-0.4, -0.2) is 53.0 Å². The molecule has 4 N–H and O–H groups in total. The number of nitrogens with one attached hydrogen (secondary N) is 2. The molecule has 2 aromatic rings. The van der Waals surface area contributed by atoms with Gasteiger partial charge >= 0.3 is 0 Å². The highest BCUT2D eigenvalue weighted by Crippen LogP contribution is 2.23.